The van der Waals surface area contributed by atoms with Crippen LogP contribution in [0.5, 0.6) is 0 Å². The fourth-order valence-corrected chi connectivity index (χ4v) is 1.77. The van der Waals surface area contributed by atoms with Gasteiger partial charge in [0.25, 0.3) is 0 Å². The van der Waals surface area contributed by atoms with Crippen LogP contribution < -0.4 is 6.15 Å². The van der Waals surface area contributed by atoms with Gasteiger partial charge in [0.1, 0.15) is 16.7 Å². The van der Waals surface area contributed by atoms with Crippen LogP contribution in [0.2, 0.25) is 0 Å². The quantitative estimate of drug-likeness (QED) is 0.618. The van der Waals surface area contributed by atoms with E-state index in [0.29, 0.717) is 0 Å². The van der Waals surface area contributed by atoms with Gasteiger partial charge in [0.2, 0.25) is 5.82 Å². The summed E-state index contributed by atoms with van der Waals surface area (Å²) < 4.78 is 23.9. The number of aromatic amines is 1. The lowest BCUT2D eigenvalue weighted by Gasteiger charge is -2.19. The van der Waals surface area contributed by atoms with Crippen LogP contribution in [-0.2, 0) is 9.47 Å². The van der Waals surface area contributed by atoms with Gasteiger partial charge >= 0.3 is 18.0 Å². The lowest BCUT2D eigenvalue weighted by atomic mass is 10.2. The molecule has 4 N–H and O–H groups in total. The van der Waals surface area contributed by atoms with Crippen molar-refractivity contribution in [3.8, 4) is 0 Å². The molecule has 9 nitrogen and oxygen atoms in total. The van der Waals surface area contributed by atoms with Gasteiger partial charge in [-0.15, -0.1) is 0 Å². The summed E-state index contributed by atoms with van der Waals surface area (Å²) in [6, 6.07) is 0. The third-order valence-corrected chi connectivity index (χ3v) is 2.51. The monoisotopic (exact) mass is 355 g/mol. The molecule has 0 radical (unpaired) electrons. The van der Waals surface area contributed by atoms with Gasteiger partial charge in [0.15, 0.2) is 11.3 Å². The van der Waals surface area contributed by atoms with Crippen molar-refractivity contribution in [3.63, 3.8) is 0 Å². The average Bonchev–Trinajstić information content (AvgIpc) is 2.77. The van der Waals surface area contributed by atoms with Crippen LogP contribution in [0.25, 0.3) is 11.2 Å². The fraction of sp³-hybridized carbons (Fsp3) is 0.533. The van der Waals surface area contributed by atoms with E-state index in [9.17, 15) is 14.0 Å². The third-order valence-electron chi connectivity index (χ3n) is 2.51. The van der Waals surface area contributed by atoms with Gasteiger partial charge in [-0.2, -0.15) is 14.4 Å². The standard InChI is InChI=1S/C15H19FN4O4.H3N/c1-14(2,3)23-11(21)8-7-9(20-13(16)18-8)19-10(17-7)12(22)24-15(4,5)6;/h1-6H3,(H,17,18,19,20);1H3. The number of hydrogen-bond donors (Lipinski definition) is 2. The minimum atomic E-state index is -1.15. The Balaban J connectivity index is 0.00000312. The number of fused-ring (bicyclic) bond motifs is 1. The van der Waals surface area contributed by atoms with Gasteiger partial charge in [-0.1, -0.05) is 0 Å². The number of carbonyl (C=O) groups excluding carboxylic acids is 2. The Bertz CT molecular complexity index is 805. The van der Waals surface area contributed by atoms with E-state index in [4.69, 9.17) is 9.47 Å². The van der Waals surface area contributed by atoms with Gasteiger partial charge in [0, 0.05) is 0 Å². The molecule has 0 bridgehead atoms. The summed E-state index contributed by atoms with van der Waals surface area (Å²) in [5.41, 5.74) is -2.02. The number of nitrogens with zero attached hydrogens (tertiary/aromatic N) is 3. The number of aromatic nitrogens is 4. The van der Waals surface area contributed by atoms with E-state index < -0.39 is 29.2 Å². The van der Waals surface area contributed by atoms with Gasteiger partial charge in [-0.3, -0.25) is 0 Å². The Hall–Kier alpha value is -2.62. The third kappa shape index (κ3) is 5.18. The smallest absolute Gasteiger partial charge is 0.374 e. The fourth-order valence-electron chi connectivity index (χ4n) is 1.77. The van der Waals surface area contributed by atoms with E-state index in [1.165, 1.54) is 0 Å². The number of nitrogens with one attached hydrogen (secondary N) is 1. The summed E-state index contributed by atoms with van der Waals surface area (Å²) in [6.07, 6.45) is -1.15. The van der Waals surface area contributed by atoms with Crippen molar-refractivity contribution < 1.29 is 23.5 Å². The van der Waals surface area contributed by atoms with Gasteiger partial charge in [0.05, 0.1) is 0 Å². The first-order valence-corrected chi connectivity index (χ1v) is 7.26. The molecule has 0 amide bonds. The normalized spacial score (nSPS) is 11.8. The largest absolute Gasteiger partial charge is 0.455 e. The zero-order chi connectivity index (χ0) is 18.3. The number of ether oxygens (including phenoxy) is 2. The second-order valence-electron chi connectivity index (χ2n) is 7.13. The van der Waals surface area contributed by atoms with E-state index >= 15 is 0 Å². The molecule has 2 rings (SSSR count). The molecular formula is C15H22FN5O4. The summed E-state index contributed by atoms with van der Waals surface area (Å²) in [7, 11) is 0. The van der Waals surface area contributed by atoms with E-state index in [2.05, 4.69) is 19.9 Å². The van der Waals surface area contributed by atoms with Crippen molar-refractivity contribution in [1.29, 1.82) is 0 Å². The lowest BCUT2D eigenvalue weighted by Crippen LogP contribution is -2.25. The van der Waals surface area contributed by atoms with Gasteiger partial charge < -0.3 is 20.6 Å². The van der Waals surface area contributed by atoms with Crippen molar-refractivity contribution in [2.45, 2.75) is 52.7 Å². The minimum Gasteiger partial charge on any atom is -0.455 e. The van der Waals surface area contributed by atoms with Crippen LogP contribution in [0.1, 0.15) is 62.6 Å². The molecule has 0 fully saturated rings. The molecule has 0 unspecified atom stereocenters. The van der Waals surface area contributed by atoms with E-state index in [0.717, 1.165) is 0 Å². The maximum Gasteiger partial charge on any atom is 0.374 e. The Labute approximate surface area is 143 Å². The first kappa shape index (κ1) is 20.4. The molecule has 0 spiro atoms. The van der Waals surface area contributed by atoms with Crippen LogP contribution in [0, 0.1) is 6.08 Å². The van der Waals surface area contributed by atoms with Crippen LogP contribution in [0.15, 0.2) is 0 Å². The van der Waals surface area contributed by atoms with Crippen molar-refractivity contribution in [3.05, 3.63) is 17.6 Å². The van der Waals surface area contributed by atoms with Crippen LogP contribution in [-0.4, -0.2) is 43.1 Å². The SMILES string of the molecule is CC(C)(C)OC(=O)c1nc2nc(F)nc(C(=O)OC(C)(C)C)c2[nH]1.N. The van der Waals surface area contributed by atoms with Crippen LogP contribution in [0.4, 0.5) is 4.39 Å². The van der Waals surface area contributed by atoms with Crippen LogP contribution in [0.3, 0.4) is 0 Å². The number of hydrogen-bond acceptors (Lipinski definition) is 8. The molecule has 0 saturated carbocycles. The summed E-state index contributed by atoms with van der Waals surface area (Å²) in [4.78, 5) is 37.6. The minimum absolute atomic E-state index is 0. The van der Waals surface area contributed by atoms with Crippen LogP contribution >= 0.6 is 0 Å². The highest BCUT2D eigenvalue weighted by Gasteiger charge is 2.27. The highest BCUT2D eigenvalue weighted by atomic mass is 19.1. The molecule has 2 heterocycles. The molecule has 0 saturated heterocycles. The topological polar surface area (TPSA) is 142 Å². The van der Waals surface area contributed by atoms with Crippen molar-refractivity contribution >= 4 is 23.1 Å². The molecule has 0 atom stereocenters. The average molecular weight is 355 g/mol. The Kier molecular flexibility index (Phi) is 5.48. The van der Waals surface area contributed by atoms with Gasteiger partial charge in [-0.25, -0.2) is 14.6 Å². The van der Waals surface area contributed by atoms with E-state index in [1.807, 2.05) is 0 Å². The zero-order valence-electron chi connectivity index (χ0n) is 15.1. The number of halogens is 1. The molecule has 2 aromatic heterocycles. The zero-order valence-corrected chi connectivity index (χ0v) is 15.1. The number of imidazole rings is 1. The van der Waals surface area contributed by atoms with E-state index in [-0.39, 0.29) is 28.8 Å². The molecule has 0 aromatic carbocycles. The van der Waals surface area contributed by atoms with Gasteiger partial charge in [-0.05, 0) is 41.5 Å². The molecular weight excluding hydrogens is 333 g/mol. The highest BCUT2D eigenvalue weighted by Crippen LogP contribution is 2.19. The number of carbonyl (C=O) groups is 2. The molecule has 138 valence electrons. The Morgan fingerprint density at radius 1 is 0.920 bits per heavy atom. The number of H-pyrrole nitrogens is 1. The summed E-state index contributed by atoms with van der Waals surface area (Å²) in [5.74, 6) is -1.81. The molecule has 2 aromatic rings. The molecule has 0 aliphatic carbocycles. The summed E-state index contributed by atoms with van der Waals surface area (Å²) in [5, 5.41) is 0. The number of rotatable bonds is 2. The second kappa shape index (κ2) is 6.71. The maximum absolute atomic E-state index is 13.6. The highest BCUT2D eigenvalue weighted by molar-refractivity contribution is 6.00. The Morgan fingerprint density at radius 3 is 1.96 bits per heavy atom. The van der Waals surface area contributed by atoms with E-state index in [1.54, 1.807) is 41.5 Å². The molecule has 10 heteroatoms. The summed E-state index contributed by atoms with van der Waals surface area (Å²) in [6.45, 7) is 10.1. The summed E-state index contributed by atoms with van der Waals surface area (Å²) >= 11 is 0. The molecule has 0 aliphatic heterocycles. The lowest BCUT2D eigenvalue weighted by molar-refractivity contribution is 0.00453. The first-order valence-electron chi connectivity index (χ1n) is 7.26. The first-order chi connectivity index (χ1) is 10.9. The van der Waals surface area contributed by atoms with Crippen molar-refractivity contribution in [2.75, 3.05) is 0 Å². The number of esters is 2. The van der Waals surface area contributed by atoms with Crippen molar-refractivity contribution in [2.24, 2.45) is 0 Å². The maximum atomic E-state index is 13.6. The molecule has 25 heavy (non-hydrogen) atoms. The second-order valence-corrected chi connectivity index (χ2v) is 7.13. The van der Waals surface area contributed by atoms with Crippen molar-refractivity contribution in [1.82, 2.24) is 26.1 Å². The molecule has 0 aliphatic rings. The Morgan fingerprint density at radius 2 is 1.44 bits per heavy atom. The predicted molar refractivity (Wildman–Crippen MR) is 87.0 cm³/mol. The predicted octanol–water partition coefficient (Wildman–Crippen LogP) is 2.56.